The van der Waals surface area contributed by atoms with Crippen LogP contribution in [0, 0.1) is 11.5 Å². The van der Waals surface area contributed by atoms with Crippen molar-refractivity contribution >= 4 is 25.4 Å². The van der Waals surface area contributed by atoms with Crippen LogP contribution in [0.1, 0.15) is 12.6 Å². The van der Waals surface area contributed by atoms with E-state index in [0.717, 1.165) is 5.69 Å². The number of hydrogen-bond donors (Lipinski definition) is 1. The zero-order chi connectivity index (χ0) is 14.0. The van der Waals surface area contributed by atoms with Crippen molar-refractivity contribution in [3.8, 4) is 11.5 Å². The number of amides is 1. The van der Waals surface area contributed by atoms with Gasteiger partial charge in [-0.25, -0.2) is 9.50 Å². The van der Waals surface area contributed by atoms with Gasteiger partial charge in [0.2, 0.25) is 5.91 Å². The minimum absolute atomic E-state index is 0.151. The molecular weight excluding hydrogens is 256 g/mol. The van der Waals surface area contributed by atoms with Crippen molar-refractivity contribution in [2.24, 2.45) is 0 Å². The highest BCUT2D eigenvalue weighted by Gasteiger charge is 2.09. The maximum atomic E-state index is 11.0. The Kier molecular flexibility index (Phi) is 3.40. The Hall–Kier alpha value is -2.13. The standard InChI is InChI=1S/C13H16N4OSi/c1-10(18)15-12-5-6-13-14-9-11(17(13)16-12)7-8-19(2,3)4/h5-6,9H,1-4H3,(H,15,16,18). The second kappa shape index (κ2) is 4.86. The molecule has 0 atom stereocenters. The predicted octanol–water partition coefficient (Wildman–Crippen LogP) is 1.92. The van der Waals surface area contributed by atoms with Crippen LogP contribution in [0.2, 0.25) is 19.6 Å². The Bertz CT molecular complexity index is 688. The molecule has 2 aromatic rings. The summed E-state index contributed by atoms with van der Waals surface area (Å²) in [6.45, 7) is 7.99. The first-order valence-electron chi connectivity index (χ1n) is 6.01. The lowest BCUT2D eigenvalue weighted by molar-refractivity contribution is -0.114. The van der Waals surface area contributed by atoms with Crippen LogP contribution in [0.4, 0.5) is 5.82 Å². The first-order chi connectivity index (χ1) is 8.85. The van der Waals surface area contributed by atoms with Gasteiger partial charge in [-0.3, -0.25) is 4.79 Å². The highest BCUT2D eigenvalue weighted by atomic mass is 28.3. The molecule has 6 heteroatoms. The molecule has 0 bridgehead atoms. The molecule has 0 saturated carbocycles. The predicted molar refractivity (Wildman–Crippen MR) is 77.5 cm³/mol. The van der Waals surface area contributed by atoms with E-state index in [1.165, 1.54) is 6.92 Å². The largest absolute Gasteiger partial charge is 0.309 e. The van der Waals surface area contributed by atoms with Crippen molar-refractivity contribution in [1.29, 1.82) is 0 Å². The SMILES string of the molecule is CC(=O)Nc1ccc2ncc(C#C[Si](C)(C)C)n2n1. The lowest BCUT2D eigenvalue weighted by atomic mass is 10.5. The minimum Gasteiger partial charge on any atom is -0.309 e. The third-order valence-electron chi connectivity index (χ3n) is 2.23. The summed E-state index contributed by atoms with van der Waals surface area (Å²) in [5, 5.41) is 6.96. The second-order valence-electron chi connectivity index (χ2n) is 5.31. The Morgan fingerprint density at radius 3 is 2.74 bits per heavy atom. The van der Waals surface area contributed by atoms with Gasteiger partial charge >= 0.3 is 0 Å². The molecule has 0 fully saturated rings. The van der Waals surface area contributed by atoms with E-state index in [-0.39, 0.29) is 5.91 Å². The molecule has 5 nitrogen and oxygen atoms in total. The fourth-order valence-electron chi connectivity index (χ4n) is 1.46. The number of nitrogens with zero attached hydrogens (tertiary/aromatic N) is 3. The second-order valence-corrected chi connectivity index (χ2v) is 10.1. The summed E-state index contributed by atoms with van der Waals surface area (Å²) in [6, 6.07) is 3.53. The summed E-state index contributed by atoms with van der Waals surface area (Å²) in [4.78, 5) is 15.3. The van der Waals surface area contributed by atoms with Crippen LogP contribution in [0.15, 0.2) is 18.3 Å². The summed E-state index contributed by atoms with van der Waals surface area (Å²) < 4.78 is 1.65. The van der Waals surface area contributed by atoms with Gasteiger partial charge in [-0.1, -0.05) is 25.6 Å². The zero-order valence-electron chi connectivity index (χ0n) is 11.5. The first-order valence-corrected chi connectivity index (χ1v) is 9.51. The summed E-state index contributed by atoms with van der Waals surface area (Å²) in [5.74, 6) is 3.47. The normalized spacial score (nSPS) is 10.9. The van der Waals surface area contributed by atoms with E-state index < -0.39 is 8.07 Å². The molecule has 2 rings (SSSR count). The van der Waals surface area contributed by atoms with Crippen molar-refractivity contribution in [2.75, 3.05) is 5.32 Å². The Morgan fingerprint density at radius 1 is 1.37 bits per heavy atom. The van der Waals surface area contributed by atoms with E-state index in [4.69, 9.17) is 0 Å². The number of aromatic nitrogens is 3. The molecule has 1 amide bonds. The average Bonchev–Trinajstić information content (AvgIpc) is 2.67. The van der Waals surface area contributed by atoms with Crippen molar-refractivity contribution < 1.29 is 4.79 Å². The van der Waals surface area contributed by atoms with Gasteiger partial charge in [-0.05, 0) is 12.1 Å². The van der Waals surface area contributed by atoms with Crippen LogP contribution in [0.5, 0.6) is 0 Å². The average molecular weight is 272 g/mol. The third-order valence-corrected chi connectivity index (χ3v) is 3.11. The van der Waals surface area contributed by atoms with Gasteiger partial charge in [-0.15, -0.1) is 10.6 Å². The van der Waals surface area contributed by atoms with E-state index in [1.807, 2.05) is 0 Å². The number of rotatable bonds is 1. The van der Waals surface area contributed by atoms with Crippen LogP contribution < -0.4 is 5.32 Å². The minimum atomic E-state index is -1.44. The van der Waals surface area contributed by atoms with Crippen LogP contribution in [-0.2, 0) is 4.79 Å². The molecule has 19 heavy (non-hydrogen) atoms. The smallest absolute Gasteiger partial charge is 0.222 e. The number of nitrogens with one attached hydrogen (secondary N) is 1. The number of imidazole rings is 1. The van der Waals surface area contributed by atoms with Crippen molar-refractivity contribution in [1.82, 2.24) is 14.6 Å². The number of fused-ring (bicyclic) bond motifs is 1. The Morgan fingerprint density at radius 2 is 2.11 bits per heavy atom. The molecule has 0 aromatic carbocycles. The molecule has 0 aliphatic heterocycles. The Balaban J connectivity index is 2.45. The van der Waals surface area contributed by atoms with Crippen molar-refractivity contribution in [3.63, 3.8) is 0 Å². The van der Waals surface area contributed by atoms with E-state index >= 15 is 0 Å². The summed E-state index contributed by atoms with van der Waals surface area (Å²) >= 11 is 0. The maximum Gasteiger partial charge on any atom is 0.222 e. The molecule has 2 heterocycles. The Labute approximate surface area is 113 Å². The molecular formula is C13H16N4OSi. The molecule has 0 spiro atoms. The van der Waals surface area contributed by atoms with Gasteiger partial charge in [0.25, 0.3) is 0 Å². The van der Waals surface area contributed by atoms with Gasteiger partial charge in [0, 0.05) is 6.92 Å². The van der Waals surface area contributed by atoms with Crippen molar-refractivity contribution in [3.05, 3.63) is 24.0 Å². The maximum absolute atomic E-state index is 11.0. The van der Waals surface area contributed by atoms with Gasteiger partial charge in [0.05, 0.1) is 6.20 Å². The third kappa shape index (κ3) is 3.42. The lowest BCUT2D eigenvalue weighted by Crippen LogP contribution is -2.16. The van der Waals surface area contributed by atoms with Gasteiger partial charge in [0.15, 0.2) is 11.5 Å². The monoisotopic (exact) mass is 272 g/mol. The quantitative estimate of drug-likeness (QED) is 0.637. The van der Waals surface area contributed by atoms with Gasteiger partial charge in [-0.2, -0.15) is 0 Å². The highest BCUT2D eigenvalue weighted by Crippen LogP contribution is 2.09. The van der Waals surface area contributed by atoms with E-state index in [1.54, 1.807) is 22.8 Å². The fourth-order valence-corrected chi connectivity index (χ4v) is 1.96. The first kappa shape index (κ1) is 13.3. The molecule has 0 aliphatic carbocycles. The number of carbonyl (C=O) groups excluding carboxylic acids is 1. The summed E-state index contributed by atoms with van der Waals surface area (Å²) in [7, 11) is -1.44. The van der Waals surface area contributed by atoms with E-state index in [9.17, 15) is 4.79 Å². The van der Waals surface area contributed by atoms with E-state index in [0.29, 0.717) is 11.5 Å². The number of anilines is 1. The van der Waals surface area contributed by atoms with Gasteiger partial charge in [0.1, 0.15) is 13.8 Å². The van der Waals surface area contributed by atoms with Crippen LogP contribution in [-0.4, -0.2) is 28.6 Å². The zero-order valence-corrected chi connectivity index (χ0v) is 12.5. The van der Waals surface area contributed by atoms with E-state index in [2.05, 4.69) is 46.5 Å². The topological polar surface area (TPSA) is 59.3 Å². The molecule has 2 aromatic heterocycles. The number of carbonyl (C=O) groups is 1. The molecule has 0 unspecified atom stereocenters. The molecule has 98 valence electrons. The van der Waals surface area contributed by atoms with Crippen molar-refractivity contribution in [2.45, 2.75) is 26.6 Å². The molecule has 1 N–H and O–H groups in total. The van der Waals surface area contributed by atoms with Crippen LogP contribution in [0.3, 0.4) is 0 Å². The lowest BCUT2D eigenvalue weighted by Gasteiger charge is -2.04. The van der Waals surface area contributed by atoms with Gasteiger partial charge < -0.3 is 5.32 Å². The summed E-state index contributed by atoms with van der Waals surface area (Å²) in [6.07, 6.45) is 1.70. The van der Waals surface area contributed by atoms with Crippen LogP contribution >= 0.6 is 0 Å². The highest BCUT2D eigenvalue weighted by molar-refractivity contribution is 6.83. The molecule has 0 aliphatic rings. The summed E-state index contributed by atoms with van der Waals surface area (Å²) in [5.41, 5.74) is 4.73. The molecule has 0 saturated heterocycles. The molecule has 0 radical (unpaired) electrons. The number of hydrogen-bond acceptors (Lipinski definition) is 3. The van der Waals surface area contributed by atoms with Crippen LogP contribution in [0.25, 0.3) is 5.65 Å². The fraction of sp³-hybridized carbons (Fsp3) is 0.308.